The van der Waals surface area contributed by atoms with Gasteiger partial charge in [-0.05, 0) is 31.4 Å². The van der Waals surface area contributed by atoms with Gasteiger partial charge < -0.3 is 15.8 Å². The van der Waals surface area contributed by atoms with Crippen LogP contribution in [-0.2, 0) is 0 Å². The summed E-state index contributed by atoms with van der Waals surface area (Å²) in [6.45, 7) is 6.80. The Bertz CT molecular complexity index is 601. The molecule has 0 aliphatic rings. The van der Waals surface area contributed by atoms with Gasteiger partial charge in [0.25, 0.3) is 0 Å². The maximum atomic E-state index is 6.08. The Morgan fingerprint density at radius 1 is 1.29 bits per heavy atom. The summed E-state index contributed by atoms with van der Waals surface area (Å²) in [6.07, 6.45) is 2.38. The summed E-state index contributed by atoms with van der Waals surface area (Å²) < 4.78 is 5.52. The minimum absolute atomic E-state index is 0.0995. The second kappa shape index (κ2) is 6.92. The minimum Gasteiger partial charge on any atom is -0.476 e. The molecule has 5 nitrogen and oxygen atoms in total. The Hall–Kier alpha value is -2.30. The number of hydrogen-bond donors (Lipinski definition) is 2. The second-order valence-electron chi connectivity index (χ2n) is 5.01. The first-order valence-electron chi connectivity index (χ1n) is 7.18. The lowest BCUT2D eigenvalue weighted by atomic mass is 10.0. The summed E-state index contributed by atoms with van der Waals surface area (Å²) in [5.41, 5.74) is 8.97. The molecule has 21 heavy (non-hydrogen) atoms. The molecule has 2 aromatic rings. The van der Waals surface area contributed by atoms with Crippen LogP contribution < -0.4 is 15.8 Å². The number of nitrogen functional groups attached to an aromatic ring is 1. The Morgan fingerprint density at radius 3 is 2.76 bits per heavy atom. The van der Waals surface area contributed by atoms with Gasteiger partial charge in [-0.15, -0.1) is 0 Å². The van der Waals surface area contributed by atoms with Gasteiger partial charge in [-0.3, -0.25) is 0 Å². The van der Waals surface area contributed by atoms with Gasteiger partial charge in [0.05, 0.1) is 12.6 Å². The zero-order chi connectivity index (χ0) is 15.2. The van der Waals surface area contributed by atoms with Gasteiger partial charge in [0, 0.05) is 0 Å². The van der Waals surface area contributed by atoms with Crippen LogP contribution >= 0.6 is 0 Å². The zero-order valence-corrected chi connectivity index (χ0v) is 12.8. The molecule has 1 unspecified atom stereocenters. The number of aromatic nitrogens is 2. The molecule has 2 rings (SSSR count). The fourth-order valence-corrected chi connectivity index (χ4v) is 2.16. The Morgan fingerprint density at radius 2 is 2.05 bits per heavy atom. The maximum absolute atomic E-state index is 6.08. The molecule has 0 saturated carbocycles. The Balaban J connectivity index is 2.18. The van der Waals surface area contributed by atoms with Crippen LogP contribution in [0.5, 0.6) is 5.88 Å². The monoisotopic (exact) mass is 286 g/mol. The van der Waals surface area contributed by atoms with Gasteiger partial charge in [0.2, 0.25) is 5.88 Å². The van der Waals surface area contributed by atoms with E-state index in [9.17, 15) is 0 Å². The molecule has 1 atom stereocenters. The van der Waals surface area contributed by atoms with E-state index in [0.29, 0.717) is 24.0 Å². The normalized spacial score (nSPS) is 12.0. The summed E-state index contributed by atoms with van der Waals surface area (Å²) in [6, 6.07) is 8.34. The third-order valence-electron chi connectivity index (χ3n) is 3.30. The highest BCUT2D eigenvalue weighted by atomic mass is 16.5. The number of nitrogens with one attached hydrogen (secondary N) is 1. The second-order valence-corrected chi connectivity index (χ2v) is 5.01. The van der Waals surface area contributed by atoms with Crippen LogP contribution in [0, 0.1) is 6.92 Å². The van der Waals surface area contributed by atoms with Gasteiger partial charge in [-0.2, -0.15) is 4.98 Å². The van der Waals surface area contributed by atoms with E-state index in [1.54, 1.807) is 0 Å². The predicted molar refractivity (Wildman–Crippen MR) is 85.4 cm³/mol. The van der Waals surface area contributed by atoms with Gasteiger partial charge in [0.1, 0.15) is 12.0 Å². The molecular formula is C16H22N4O. The molecule has 3 N–H and O–H groups in total. The molecule has 1 aromatic carbocycles. The van der Waals surface area contributed by atoms with E-state index in [4.69, 9.17) is 10.5 Å². The fraction of sp³-hybridized carbons (Fsp3) is 0.375. The van der Waals surface area contributed by atoms with Crippen LogP contribution in [0.2, 0.25) is 0 Å². The van der Waals surface area contributed by atoms with Gasteiger partial charge in [-0.25, -0.2) is 4.98 Å². The Labute approximate surface area is 125 Å². The standard InChI is InChI=1S/C16H22N4O/c1-4-9-21-16-14(17)15(18-10-19-16)20-12(3)13-8-6-5-7-11(13)2/h5-8,10,12H,4,9,17H2,1-3H3,(H,18,19,20). The third kappa shape index (κ3) is 3.62. The van der Waals surface area contributed by atoms with Crippen molar-refractivity contribution in [1.82, 2.24) is 9.97 Å². The van der Waals surface area contributed by atoms with E-state index in [-0.39, 0.29) is 6.04 Å². The highest BCUT2D eigenvalue weighted by molar-refractivity contribution is 5.67. The van der Waals surface area contributed by atoms with Crippen molar-refractivity contribution >= 4 is 11.5 Å². The molecule has 0 aliphatic carbocycles. The summed E-state index contributed by atoms with van der Waals surface area (Å²) in [7, 11) is 0. The van der Waals surface area contributed by atoms with E-state index < -0.39 is 0 Å². The summed E-state index contributed by atoms with van der Waals surface area (Å²) in [4.78, 5) is 8.29. The number of anilines is 2. The number of hydrogen-bond acceptors (Lipinski definition) is 5. The van der Waals surface area contributed by atoms with Crippen molar-refractivity contribution in [3.05, 3.63) is 41.7 Å². The number of benzene rings is 1. The van der Waals surface area contributed by atoms with E-state index in [1.165, 1.54) is 17.5 Å². The van der Waals surface area contributed by atoms with E-state index >= 15 is 0 Å². The molecule has 0 spiro atoms. The summed E-state index contributed by atoms with van der Waals surface area (Å²) >= 11 is 0. The maximum Gasteiger partial charge on any atom is 0.242 e. The first-order valence-corrected chi connectivity index (χ1v) is 7.18. The molecule has 0 amide bonds. The Kier molecular flexibility index (Phi) is 4.98. The summed E-state index contributed by atoms with van der Waals surface area (Å²) in [5, 5.41) is 3.33. The van der Waals surface area contributed by atoms with E-state index in [2.05, 4.69) is 41.3 Å². The lowest BCUT2D eigenvalue weighted by Crippen LogP contribution is -2.12. The smallest absolute Gasteiger partial charge is 0.242 e. The van der Waals surface area contributed by atoms with Gasteiger partial charge in [0.15, 0.2) is 5.82 Å². The van der Waals surface area contributed by atoms with Crippen molar-refractivity contribution in [3.8, 4) is 5.88 Å². The van der Waals surface area contributed by atoms with Crippen molar-refractivity contribution in [1.29, 1.82) is 0 Å². The SMILES string of the molecule is CCCOc1ncnc(NC(C)c2ccccc2C)c1N. The van der Waals surface area contributed by atoms with Crippen molar-refractivity contribution in [3.63, 3.8) is 0 Å². The third-order valence-corrected chi connectivity index (χ3v) is 3.30. The first kappa shape index (κ1) is 15.1. The van der Waals surface area contributed by atoms with Gasteiger partial charge in [-0.1, -0.05) is 31.2 Å². The van der Waals surface area contributed by atoms with Crippen molar-refractivity contribution in [2.75, 3.05) is 17.7 Å². The molecule has 5 heteroatoms. The topological polar surface area (TPSA) is 73.1 Å². The van der Waals surface area contributed by atoms with Crippen LogP contribution in [-0.4, -0.2) is 16.6 Å². The highest BCUT2D eigenvalue weighted by Gasteiger charge is 2.13. The highest BCUT2D eigenvalue weighted by Crippen LogP contribution is 2.28. The molecule has 0 saturated heterocycles. The van der Waals surface area contributed by atoms with Crippen molar-refractivity contribution in [2.24, 2.45) is 0 Å². The number of nitrogens with zero attached hydrogens (tertiary/aromatic N) is 2. The molecule has 0 aliphatic heterocycles. The van der Waals surface area contributed by atoms with E-state index in [1.807, 2.05) is 19.1 Å². The molecular weight excluding hydrogens is 264 g/mol. The predicted octanol–water partition coefficient (Wildman–Crippen LogP) is 3.33. The van der Waals surface area contributed by atoms with Crippen LogP contribution in [0.4, 0.5) is 11.5 Å². The lowest BCUT2D eigenvalue weighted by molar-refractivity contribution is 0.306. The van der Waals surface area contributed by atoms with Crippen molar-refractivity contribution in [2.45, 2.75) is 33.2 Å². The number of rotatable bonds is 6. The molecule has 1 aromatic heterocycles. The molecule has 1 heterocycles. The minimum atomic E-state index is 0.0995. The van der Waals surface area contributed by atoms with Crippen LogP contribution in [0.15, 0.2) is 30.6 Å². The average molecular weight is 286 g/mol. The number of nitrogens with two attached hydrogens (primary N) is 1. The molecule has 0 bridgehead atoms. The van der Waals surface area contributed by atoms with Crippen LogP contribution in [0.3, 0.4) is 0 Å². The largest absolute Gasteiger partial charge is 0.476 e. The van der Waals surface area contributed by atoms with E-state index in [0.717, 1.165) is 6.42 Å². The number of ether oxygens (including phenoxy) is 1. The summed E-state index contributed by atoms with van der Waals surface area (Å²) in [5.74, 6) is 1.04. The molecule has 0 radical (unpaired) electrons. The quantitative estimate of drug-likeness (QED) is 0.852. The van der Waals surface area contributed by atoms with Crippen LogP contribution in [0.1, 0.15) is 37.4 Å². The first-order chi connectivity index (χ1) is 10.1. The average Bonchev–Trinajstić information content (AvgIpc) is 2.48. The number of aryl methyl sites for hydroxylation is 1. The zero-order valence-electron chi connectivity index (χ0n) is 12.8. The fourth-order valence-electron chi connectivity index (χ4n) is 2.16. The van der Waals surface area contributed by atoms with Crippen molar-refractivity contribution < 1.29 is 4.74 Å². The van der Waals surface area contributed by atoms with Crippen LogP contribution in [0.25, 0.3) is 0 Å². The lowest BCUT2D eigenvalue weighted by Gasteiger charge is -2.18. The van der Waals surface area contributed by atoms with Gasteiger partial charge >= 0.3 is 0 Å². The molecule has 112 valence electrons. The molecule has 0 fully saturated rings.